The molecule has 200 valence electrons. The monoisotopic (exact) mass is 584 g/mol. The average Bonchev–Trinajstić information content (AvgIpc) is 2.96. The fourth-order valence-corrected chi connectivity index (χ4v) is 5.25. The summed E-state index contributed by atoms with van der Waals surface area (Å²) in [6.07, 6.45) is 3.02. The number of nitriles is 1. The maximum atomic E-state index is 12.6. The second-order valence-corrected chi connectivity index (χ2v) is 10.6. The standard InChI is InChI=1S/C29H27BrN6O.C2H6/c1-18-10-19(2)17-36(16-18)28-5-3-4-25(35-28)26-9-7-21-14-32-23(12-27(21)34-26)15-33-29(37)20-6-8-24(30)22(11-20)13-31;1-2/h3-9,11-12,14,18-19H,10,15-17H2,1-2H3,(H,33,37);1-2H3. The van der Waals surface area contributed by atoms with Crippen molar-refractivity contribution in [3.8, 4) is 17.5 Å². The molecule has 1 saturated heterocycles. The minimum atomic E-state index is -0.269. The molecule has 0 radical (unpaired) electrons. The summed E-state index contributed by atoms with van der Waals surface area (Å²) in [4.78, 5) is 29.3. The molecule has 1 aromatic carbocycles. The van der Waals surface area contributed by atoms with Crippen molar-refractivity contribution in [1.29, 1.82) is 5.26 Å². The lowest BCUT2D eigenvalue weighted by molar-refractivity contribution is 0.0950. The van der Waals surface area contributed by atoms with E-state index in [-0.39, 0.29) is 12.5 Å². The number of halogens is 1. The Hall–Kier alpha value is -3.83. The second kappa shape index (κ2) is 12.8. The molecule has 1 aliphatic heterocycles. The van der Waals surface area contributed by atoms with Crippen molar-refractivity contribution in [1.82, 2.24) is 20.3 Å². The Balaban J connectivity index is 0.00000172. The van der Waals surface area contributed by atoms with Crippen LogP contribution < -0.4 is 10.2 Å². The van der Waals surface area contributed by atoms with E-state index in [2.05, 4.69) is 57.1 Å². The van der Waals surface area contributed by atoms with Crippen molar-refractivity contribution in [2.45, 2.75) is 40.7 Å². The molecule has 39 heavy (non-hydrogen) atoms. The third-order valence-electron chi connectivity index (χ3n) is 6.60. The topological polar surface area (TPSA) is 94.8 Å². The van der Waals surface area contributed by atoms with Gasteiger partial charge in [0, 0.05) is 34.7 Å². The molecule has 1 N–H and O–H groups in total. The van der Waals surface area contributed by atoms with Gasteiger partial charge >= 0.3 is 0 Å². The van der Waals surface area contributed by atoms with Crippen molar-refractivity contribution in [3.05, 3.63) is 82.1 Å². The molecular formula is C31H33BrN6O. The van der Waals surface area contributed by atoms with Crippen molar-refractivity contribution in [2.75, 3.05) is 18.0 Å². The summed E-state index contributed by atoms with van der Waals surface area (Å²) >= 11 is 3.31. The third-order valence-corrected chi connectivity index (χ3v) is 7.29. The summed E-state index contributed by atoms with van der Waals surface area (Å²) < 4.78 is 0.657. The first-order valence-corrected chi connectivity index (χ1v) is 14.1. The zero-order valence-corrected chi connectivity index (χ0v) is 24.4. The first-order chi connectivity index (χ1) is 18.9. The highest BCUT2D eigenvalue weighted by molar-refractivity contribution is 9.10. The number of anilines is 1. The number of hydrogen-bond donors (Lipinski definition) is 1. The van der Waals surface area contributed by atoms with Crippen LogP contribution in [0, 0.1) is 23.2 Å². The highest BCUT2D eigenvalue weighted by Crippen LogP contribution is 2.27. The number of carbonyl (C=O) groups excluding carboxylic acids is 1. The molecule has 1 amide bonds. The van der Waals surface area contributed by atoms with Gasteiger partial charge in [-0.25, -0.2) is 9.97 Å². The van der Waals surface area contributed by atoms with Crippen LogP contribution in [0.1, 0.15) is 55.7 Å². The zero-order chi connectivity index (χ0) is 27.9. The molecule has 3 aromatic heterocycles. The molecule has 7 nitrogen and oxygen atoms in total. The van der Waals surface area contributed by atoms with Crippen LogP contribution in [0.4, 0.5) is 5.82 Å². The van der Waals surface area contributed by atoms with E-state index in [0.717, 1.165) is 41.2 Å². The maximum Gasteiger partial charge on any atom is 0.251 e. The SMILES string of the molecule is CC.CC1CC(C)CN(c2cccc(-c3ccc4cnc(CNC(=O)c5ccc(Br)c(C#N)c5)cc4n3)n2)C1. The van der Waals surface area contributed by atoms with Crippen LogP contribution in [0.3, 0.4) is 0 Å². The molecule has 4 heterocycles. The Bertz CT molecular complexity index is 1500. The van der Waals surface area contributed by atoms with Gasteiger partial charge in [0.1, 0.15) is 11.9 Å². The molecule has 4 aromatic rings. The van der Waals surface area contributed by atoms with Gasteiger partial charge in [-0.3, -0.25) is 9.78 Å². The van der Waals surface area contributed by atoms with E-state index in [1.165, 1.54) is 6.42 Å². The lowest BCUT2D eigenvalue weighted by Crippen LogP contribution is -2.39. The molecule has 1 fully saturated rings. The Morgan fingerprint density at radius 3 is 2.54 bits per heavy atom. The van der Waals surface area contributed by atoms with Crippen LogP contribution in [0.25, 0.3) is 22.3 Å². The number of piperidine rings is 1. The van der Waals surface area contributed by atoms with Gasteiger partial charge in [-0.1, -0.05) is 33.8 Å². The van der Waals surface area contributed by atoms with Gasteiger partial charge in [0.05, 0.1) is 34.7 Å². The van der Waals surface area contributed by atoms with Crippen molar-refractivity contribution in [2.24, 2.45) is 11.8 Å². The van der Waals surface area contributed by atoms with Gasteiger partial charge < -0.3 is 10.2 Å². The van der Waals surface area contributed by atoms with Gasteiger partial charge in [-0.2, -0.15) is 5.26 Å². The van der Waals surface area contributed by atoms with Crippen molar-refractivity contribution in [3.63, 3.8) is 0 Å². The molecule has 0 spiro atoms. The Kier molecular flexibility index (Phi) is 9.26. The quantitative estimate of drug-likeness (QED) is 0.278. The predicted octanol–water partition coefficient (Wildman–Crippen LogP) is 6.76. The number of aromatic nitrogens is 3. The number of nitrogens with one attached hydrogen (secondary N) is 1. The highest BCUT2D eigenvalue weighted by Gasteiger charge is 2.23. The lowest BCUT2D eigenvalue weighted by Gasteiger charge is -2.35. The molecule has 0 saturated carbocycles. The number of fused-ring (bicyclic) bond motifs is 1. The first kappa shape index (κ1) is 28.2. The van der Waals surface area contributed by atoms with E-state index in [1.54, 1.807) is 24.4 Å². The van der Waals surface area contributed by atoms with Crippen molar-refractivity contribution >= 4 is 38.6 Å². The van der Waals surface area contributed by atoms with Gasteiger partial charge in [-0.05, 0) is 82.7 Å². The van der Waals surface area contributed by atoms with E-state index in [9.17, 15) is 10.1 Å². The Morgan fingerprint density at radius 1 is 1.05 bits per heavy atom. The van der Waals surface area contributed by atoms with E-state index < -0.39 is 0 Å². The second-order valence-electron chi connectivity index (χ2n) is 9.79. The minimum Gasteiger partial charge on any atom is -0.356 e. The Labute approximate surface area is 238 Å². The van der Waals surface area contributed by atoms with Crippen LogP contribution in [0.5, 0.6) is 0 Å². The van der Waals surface area contributed by atoms with E-state index in [0.29, 0.717) is 33.1 Å². The van der Waals surface area contributed by atoms with E-state index in [1.807, 2.05) is 44.2 Å². The molecule has 2 unspecified atom stereocenters. The number of pyridine rings is 3. The number of rotatable bonds is 5. The fraction of sp³-hybridized carbons (Fsp3) is 0.323. The van der Waals surface area contributed by atoms with Crippen molar-refractivity contribution < 1.29 is 4.79 Å². The van der Waals surface area contributed by atoms with Gasteiger partial charge in [0.15, 0.2) is 0 Å². The van der Waals surface area contributed by atoms with Crippen LogP contribution in [-0.4, -0.2) is 33.9 Å². The average molecular weight is 586 g/mol. The summed E-state index contributed by atoms with van der Waals surface area (Å²) in [5, 5.41) is 13.0. The van der Waals surface area contributed by atoms with Crippen LogP contribution in [0.2, 0.25) is 0 Å². The van der Waals surface area contributed by atoms with Crippen LogP contribution in [-0.2, 0) is 6.54 Å². The number of carbonyl (C=O) groups is 1. The molecule has 2 atom stereocenters. The molecule has 0 bridgehead atoms. The summed E-state index contributed by atoms with van der Waals surface area (Å²) in [6.45, 7) is 10.9. The van der Waals surface area contributed by atoms with E-state index >= 15 is 0 Å². The molecule has 1 aliphatic rings. The number of benzene rings is 1. The van der Waals surface area contributed by atoms with E-state index in [4.69, 9.17) is 9.97 Å². The largest absolute Gasteiger partial charge is 0.356 e. The van der Waals surface area contributed by atoms with Crippen LogP contribution in [0.15, 0.2) is 65.3 Å². The van der Waals surface area contributed by atoms with Gasteiger partial charge in [0.25, 0.3) is 5.91 Å². The number of nitrogens with zero attached hydrogens (tertiary/aromatic N) is 5. The molecule has 5 rings (SSSR count). The molecule has 0 aliphatic carbocycles. The van der Waals surface area contributed by atoms with Crippen LogP contribution >= 0.6 is 15.9 Å². The highest BCUT2D eigenvalue weighted by atomic mass is 79.9. The summed E-state index contributed by atoms with van der Waals surface area (Å²) in [5.41, 5.74) is 3.95. The normalized spacial score (nSPS) is 16.7. The maximum absolute atomic E-state index is 12.6. The first-order valence-electron chi connectivity index (χ1n) is 13.4. The van der Waals surface area contributed by atoms with Gasteiger partial charge in [-0.15, -0.1) is 0 Å². The number of hydrogen-bond acceptors (Lipinski definition) is 6. The summed E-state index contributed by atoms with van der Waals surface area (Å²) in [5.74, 6) is 2.02. The minimum absolute atomic E-state index is 0.248. The zero-order valence-electron chi connectivity index (χ0n) is 22.8. The smallest absolute Gasteiger partial charge is 0.251 e. The van der Waals surface area contributed by atoms with Gasteiger partial charge in [0.2, 0.25) is 0 Å². The number of amides is 1. The fourth-order valence-electron chi connectivity index (χ4n) is 4.91. The lowest BCUT2D eigenvalue weighted by atomic mass is 9.92. The third kappa shape index (κ3) is 6.79. The molecule has 8 heteroatoms. The predicted molar refractivity (Wildman–Crippen MR) is 159 cm³/mol. The molecular weight excluding hydrogens is 552 g/mol. The Morgan fingerprint density at radius 2 is 1.79 bits per heavy atom. The summed E-state index contributed by atoms with van der Waals surface area (Å²) in [7, 11) is 0. The summed E-state index contributed by atoms with van der Waals surface area (Å²) in [6, 6.07) is 19.0.